The van der Waals surface area contributed by atoms with Gasteiger partial charge in [-0.3, -0.25) is 14.5 Å². The maximum atomic E-state index is 13.6. The van der Waals surface area contributed by atoms with E-state index in [2.05, 4.69) is 5.32 Å². The van der Waals surface area contributed by atoms with Crippen molar-refractivity contribution in [3.63, 3.8) is 0 Å². The predicted molar refractivity (Wildman–Crippen MR) is 124 cm³/mol. The minimum Gasteiger partial charge on any atom is -0.351 e. The second-order valence-corrected chi connectivity index (χ2v) is 9.78. The highest BCUT2D eigenvalue weighted by molar-refractivity contribution is 7.10. The molecule has 2 heterocycles. The average molecular weight is 439 g/mol. The third-order valence-electron chi connectivity index (χ3n) is 5.47. The Labute approximate surface area is 185 Å². The molecule has 4 rings (SSSR count). The molecule has 1 N–H and O–H groups in total. The number of thiophene rings is 2. The fourth-order valence-corrected chi connectivity index (χ4v) is 5.54. The van der Waals surface area contributed by atoms with Crippen molar-refractivity contribution >= 4 is 40.2 Å². The van der Waals surface area contributed by atoms with Gasteiger partial charge in [-0.05, 0) is 60.4 Å². The maximum Gasteiger partial charge on any atom is 0.248 e. The summed E-state index contributed by atoms with van der Waals surface area (Å²) >= 11 is 3.08. The molecular formula is C24H26N2O2S2. The molecule has 1 aromatic carbocycles. The molecule has 1 aliphatic carbocycles. The van der Waals surface area contributed by atoms with Crippen LogP contribution in [-0.2, 0) is 16.0 Å². The van der Waals surface area contributed by atoms with Crippen molar-refractivity contribution in [1.29, 1.82) is 0 Å². The maximum absolute atomic E-state index is 13.6. The molecule has 1 aliphatic rings. The van der Waals surface area contributed by atoms with E-state index in [-0.39, 0.29) is 24.3 Å². The number of anilines is 1. The van der Waals surface area contributed by atoms with Crippen LogP contribution in [-0.4, -0.2) is 17.9 Å². The van der Waals surface area contributed by atoms with Crippen molar-refractivity contribution in [1.82, 2.24) is 5.32 Å². The Morgan fingerprint density at radius 1 is 1.07 bits per heavy atom. The minimum atomic E-state index is -0.667. The summed E-state index contributed by atoms with van der Waals surface area (Å²) in [4.78, 5) is 30.6. The highest BCUT2D eigenvalue weighted by Gasteiger charge is 2.35. The second kappa shape index (κ2) is 9.58. The van der Waals surface area contributed by atoms with Crippen molar-refractivity contribution in [3.8, 4) is 0 Å². The summed E-state index contributed by atoms with van der Waals surface area (Å²) in [5.74, 6) is -0.159. The van der Waals surface area contributed by atoms with Crippen LogP contribution in [0.1, 0.15) is 47.0 Å². The van der Waals surface area contributed by atoms with Crippen LogP contribution >= 0.6 is 22.7 Å². The fraction of sp³-hybridized carbons (Fsp3) is 0.333. The number of hydrogen-bond acceptors (Lipinski definition) is 4. The van der Waals surface area contributed by atoms with E-state index in [1.165, 1.54) is 11.3 Å². The van der Waals surface area contributed by atoms with Crippen LogP contribution < -0.4 is 10.2 Å². The lowest BCUT2D eigenvalue weighted by atomic mass is 10.1. The molecule has 2 aromatic heterocycles. The fourth-order valence-electron chi connectivity index (χ4n) is 4.03. The van der Waals surface area contributed by atoms with Gasteiger partial charge in [0.1, 0.15) is 6.04 Å². The summed E-state index contributed by atoms with van der Waals surface area (Å²) in [5.41, 5.74) is 1.82. The smallest absolute Gasteiger partial charge is 0.248 e. The van der Waals surface area contributed by atoms with Gasteiger partial charge in [-0.15, -0.1) is 22.7 Å². The average Bonchev–Trinajstić information content (AvgIpc) is 3.49. The van der Waals surface area contributed by atoms with Crippen molar-refractivity contribution in [3.05, 3.63) is 74.6 Å². The molecule has 2 amide bonds. The second-order valence-electron chi connectivity index (χ2n) is 7.77. The molecule has 0 spiro atoms. The van der Waals surface area contributed by atoms with E-state index in [1.54, 1.807) is 16.2 Å². The van der Waals surface area contributed by atoms with E-state index in [0.717, 1.165) is 46.7 Å². The Balaban J connectivity index is 1.71. The Hall–Kier alpha value is -2.44. The molecule has 4 nitrogen and oxygen atoms in total. The Morgan fingerprint density at radius 2 is 1.83 bits per heavy atom. The number of nitrogens with one attached hydrogen (secondary N) is 1. The largest absolute Gasteiger partial charge is 0.351 e. The van der Waals surface area contributed by atoms with Crippen LogP contribution in [0.4, 0.5) is 5.69 Å². The van der Waals surface area contributed by atoms with Crippen molar-refractivity contribution < 1.29 is 9.59 Å². The molecule has 3 aromatic rings. The minimum absolute atomic E-state index is 0.0666. The van der Waals surface area contributed by atoms with Gasteiger partial charge in [-0.2, -0.15) is 0 Å². The van der Waals surface area contributed by atoms with Gasteiger partial charge in [0, 0.05) is 21.5 Å². The highest BCUT2D eigenvalue weighted by atomic mass is 32.1. The third kappa shape index (κ3) is 4.82. The molecule has 1 fully saturated rings. The number of hydrogen-bond donors (Lipinski definition) is 1. The standard InChI is InChI=1S/C24H26N2O2S2/c1-17-7-4-10-19(15-17)26(22(27)16-20-11-5-13-29-20)23(21-12-6-14-30-21)24(28)25-18-8-2-3-9-18/h4-7,10-15,18,23H,2-3,8-9,16H2,1H3,(H,25,28)/t23-/m0/s1. The van der Waals surface area contributed by atoms with Crippen LogP contribution in [0.5, 0.6) is 0 Å². The van der Waals surface area contributed by atoms with E-state index in [0.29, 0.717) is 0 Å². The lowest BCUT2D eigenvalue weighted by Crippen LogP contribution is -2.46. The van der Waals surface area contributed by atoms with Crippen LogP contribution in [0.3, 0.4) is 0 Å². The first-order valence-electron chi connectivity index (χ1n) is 10.4. The van der Waals surface area contributed by atoms with Gasteiger partial charge >= 0.3 is 0 Å². The van der Waals surface area contributed by atoms with Crippen molar-refractivity contribution in [2.24, 2.45) is 0 Å². The van der Waals surface area contributed by atoms with Crippen molar-refractivity contribution in [2.75, 3.05) is 4.90 Å². The summed E-state index contributed by atoms with van der Waals surface area (Å²) in [5, 5.41) is 7.16. The third-order valence-corrected chi connectivity index (χ3v) is 7.28. The number of carbonyl (C=O) groups is 2. The molecule has 0 aliphatic heterocycles. The molecule has 1 atom stereocenters. The van der Waals surface area contributed by atoms with Crippen LogP contribution in [0, 0.1) is 6.92 Å². The topological polar surface area (TPSA) is 49.4 Å². The van der Waals surface area contributed by atoms with E-state index >= 15 is 0 Å². The van der Waals surface area contributed by atoms with Gasteiger partial charge in [0.15, 0.2) is 0 Å². The SMILES string of the molecule is Cc1cccc(N(C(=O)Cc2cccs2)[C@H](C(=O)NC2CCCC2)c2cccs2)c1. The summed E-state index contributed by atoms with van der Waals surface area (Å²) in [6.45, 7) is 2.00. The molecule has 6 heteroatoms. The van der Waals surface area contributed by atoms with Crippen molar-refractivity contribution in [2.45, 2.75) is 51.1 Å². The molecule has 0 radical (unpaired) electrons. The zero-order valence-corrected chi connectivity index (χ0v) is 18.7. The normalized spacial score (nSPS) is 15.1. The first kappa shape index (κ1) is 20.8. The Kier molecular flexibility index (Phi) is 6.65. The quantitative estimate of drug-likeness (QED) is 0.530. The van der Waals surface area contributed by atoms with Crippen LogP contribution in [0.15, 0.2) is 59.3 Å². The van der Waals surface area contributed by atoms with Gasteiger partial charge in [0.25, 0.3) is 0 Å². The van der Waals surface area contributed by atoms with Crippen LogP contribution in [0.25, 0.3) is 0 Å². The summed E-state index contributed by atoms with van der Waals surface area (Å²) in [6.07, 6.45) is 4.60. The first-order valence-corrected chi connectivity index (χ1v) is 12.1. The Bertz CT molecular complexity index is 977. The number of amides is 2. The summed E-state index contributed by atoms with van der Waals surface area (Å²) in [6, 6.07) is 15.2. The van der Waals surface area contributed by atoms with E-state index in [4.69, 9.17) is 0 Å². The van der Waals surface area contributed by atoms with Crippen LogP contribution in [0.2, 0.25) is 0 Å². The summed E-state index contributed by atoms with van der Waals surface area (Å²) in [7, 11) is 0. The molecule has 0 bridgehead atoms. The molecule has 0 unspecified atom stereocenters. The number of carbonyl (C=O) groups excluding carboxylic acids is 2. The lowest BCUT2D eigenvalue weighted by Gasteiger charge is -2.31. The van der Waals surface area contributed by atoms with Gasteiger partial charge in [-0.25, -0.2) is 0 Å². The first-order chi connectivity index (χ1) is 14.6. The Morgan fingerprint density at radius 3 is 2.50 bits per heavy atom. The highest BCUT2D eigenvalue weighted by Crippen LogP contribution is 2.33. The van der Waals surface area contributed by atoms with Gasteiger partial charge in [0.2, 0.25) is 11.8 Å². The number of aryl methyl sites for hydroxylation is 1. The van der Waals surface area contributed by atoms with Gasteiger partial charge in [0.05, 0.1) is 6.42 Å². The molecule has 1 saturated carbocycles. The monoisotopic (exact) mass is 438 g/mol. The number of rotatable bonds is 7. The zero-order chi connectivity index (χ0) is 20.9. The lowest BCUT2D eigenvalue weighted by molar-refractivity contribution is -0.126. The summed E-state index contributed by atoms with van der Waals surface area (Å²) < 4.78 is 0. The zero-order valence-electron chi connectivity index (χ0n) is 17.0. The number of benzene rings is 1. The molecular weight excluding hydrogens is 412 g/mol. The van der Waals surface area contributed by atoms with Gasteiger partial charge < -0.3 is 5.32 Å². The van der Waals surface area contributed by atoms with E-state index in [9.17, 15) is 9.59 Å². The van der Waals surface area contributed by atoms with Gasteiger partial charge in [-0.1, -0.05) is 37.1 Å². The molecule has 0 saturated heterocycles. The molecule has 30 heavy (non-hydrogen) atoms. The van der Waals surface area contributed by atoms with E-state index < -0.39 is 6.04 Å². The van der Waals surface area contributed by atoms with E-state index in [1.807, 2.05) is 66.2 Å². The number of nitrogens with zero attached hydrogens (tertiary/aromatic N) is 1. The predicted octanol–water partition coefficient (Wildman–Crippen LogP) is 5.49. The molecule has 156 valence electrons.